The van der Waals surface area contributed by atoms with E-state index < -0.39 is 0 Å². The molecule has 0 aromatic heterocycles. The van der Waals surface area contributed by atoms with Crippen LogP contribution < -0.4 is 11.1 Å². The van der Waals surface area contributed by atoms with Crippen LogP contribution in [0.2, 0.25) is 0 Å². The van der Waals surface area contributed by atoms with Gasteiger partial charge in [-0.1, -0.05) is 13.8 Å². The third-order valence-electron chi connectivity index (χ3n) is 2.09. The van der Waals surface area contributed by atoms with E-state index in [1.807, 2.05) is 25.6 Å². The molecule has 0 radical (unpaired) electrons. The second kappa shape index (κ2) is 8.12. The lowest BCUT2D eigenvalue weighted by Crippen LogP contribution is -2.39. The van der Waals surface area contributed by atoms with Gasteiger partial charge in [0.1, 0.15) is 0 Å². The molecule has 4 heteroatoms. The third-order valence-corrected chi connectivity index (χ3v) is 3.02. The van der Waals surface area contributed by atoms with Gasteiger partial charge in [0.25, 0.3) is 0 Å². The lowest BCUT2D eigenvalue weighted by molar-refractivity contribution is -0.124. The molecule has 0 aliphatic carbocycles. The zero-order chi connectivity index (χ0) is 11.0. The molecule has 0 fully saturated rings. The number of nitrogens with two attached hydrogens (primary N) is 1. The van der Waals surface area contributed by atoms with Crippen LogP contribution in [0, 0.1) is 5.92 Å². The molecular weight excluding hydrogens is 196 g/mol. The van der Waals surface area contributed by atoms with Crippen molar-refractivity contribution in [2.45, 2.75) is 33.2 Å². The fourth-order valence-electron chi connectivity index (χ4n) is 0.969. The van der Waals surface area contributed by atoms with Gasteiger partial charge in [0.05, 0.1) is 0 Å². The first kappa shape index (κ1) is 13.8. The second-order valence-electron chi connectivity index (χ2n) is 3.53. The number of nitrogens with one attached hydrogen (secondary N) is 1. The maximum atomic E-state index is 11.4. The van der Waals surface area contributed by atoms with Crippen molar-refractivity contribution >= 4 is 17.7 Å². The molecular formula is C10H22N2OS. The normalized spacial score (nSPS) is 14.9. The Balaban J connectivity index is 3.60. The Bertz CT molecular complexity index is 164. The number of hydrogen-bond acceptors (Lipinski definition) is 3. The van der Waals surface area contributed by atoms with E-state index in [9.17, 15) is 4.79 Å². The van der Waals surface area contributed by atoms with Crippen LogP contribution in [-0.2, 0) is 4.79 Å². The van der Waals surface area contributed by atoms with Gasteiger partial charge in [0.15, 0.2) is 0 Å². The SMILES string of the molecule is CCSCCC(C)NC(=O)C(C)CN. The average molecular weight is 218 g/mol. The summed E-state index contributed by atoms with van der Waals surface area (Å²) in [6.45, 7) is 6.45. The summed E-state index contributed by atoms with van der Waals surface area (Å²) in [5, 5.41) is 2.96. The summed E-state index contributed by atoms with van der Waals surface area (Å²) in [6.07, 6.45) is 1.03. The number of carbonyl (C=O) groups is 1. The summed E-state index contributed by atoms with van der Waals surface area (Å²) in [5.41, 5.74) is 5.41. The molecule has 3 N–H and O–H groups in total. The van der Waals surface area contributed by atoms with Crippen molar-refractivity contribution in [1.82, 2.24) is 5.32 Å². The fraction of sp³-hybridized carbons (Fsp3) is 0.900. The van der Waals surface area contributed by atoms with Gasteiger partial charge in [-0.05, 0) is 24.9 Å². The van der Waals surface area contributed by atoms with E-state index in [0.29, 0.717) is 6.54 Å². The van der Waals surface area contributed by atoms with E-state index in [4.69, 9.17) is 5.73 Å². The lowest BCUT2D eigenvalue weighted by atomic mass is 10.1. The Labute approximate surface area is 91.2 Å². The van der Waals surface area contributed by atoms with Gasteiger partial charge in [0, 0.05) is 18.5 Å². The van der Waals surface area contributed by atoms with Crippen molar-refractivity contribution < 1.29 is 4.79 Å². The standard InChI is InChI=1S/C10H22N2OS/c1-4-14-6-5-9(3)12-10(13)8(2)7-11/h8-9H,4-7,11H2,1-3H3,(H,12,13). The summed E-state index contributed by atoms with van der Waals surface area (Å²) in [7, 11) is 0. The van der Waals surface area contributed by atoms with Gasteiger partial charge in [-0.3, -0.25) is 4.79 Å². The fourth-order valence-corrected chi connectivity index (χ4v) is 1.78. The molecule has 0 aromatic rings. The predicted molar refractivity (Wildman–Crippen MR) is 63.4 cm³/mol. The van der Waals surface area contributed by atoms with Crippen LogP contribution in [0.3, 0.4) is 0 Å². The van der Waals surface area contributed by atoms with E-state index >= 15 is 0 Å². The zero-order valence-electron chi connectivity index (χ0n) is 9.38. The first-order valence-corrected chi connectivity index (χ1v) is 6.35. The molecule has 14 heavy (non-hydrogen) atoms. The van der Waals surface area contributed by atoms with Crippen molar-refractivity contribution in [2.24, 2.45) is 11.7 Å². The van der Waals surface area contributed by atoms with Crippen LogP contribution in [0.15, 0.2) is 0 Å². The minimum atomic E-state index is -0.0729. The number of hydrogen-bond donors (Lipinski definition) is 2. The molecule has 0 aliphatic heterocycles. The van der Waals surface area contributed by atoms with Gasteiger partial charge in [0.2, 0.25) is 5.91 Å². The van der Waals surface area contributed by atoms with Crippen LogP contribution in [0.4, 0.5) is 0 Å². The highest BCUT2D eigenvalue weighted by Crippen LogP contribution is 2.04. The lowest BCUT2D eigenvalue weighted by Gasteiger charge is -2.16. The predicted octanol–water partition coefficient (Wildman–Crippen LogP) is 1.23. The summed E-state index contributed by atoms with van der Waals surface area (Å²) >= 11 is 1.90. The molecule has 1 amide bonds. The molecule has 0 heterocycles. The topological polar surface area (TPSA) is 55.1 Å². The van der Waals surface area contributed by atoms with Crippen LogP contribution in [0.5, 0.6) is 0 Å². The van der Waals surface area contributed by atoms with E-state index in [1.165, 1.54) is 0 Å². The van der Waals surface area contributed by atoms with Crippen molar-refractivity contribution in [3.8, 4) is 0 Å². The molecule has 0 saturated carbocycles. The number of thioether (sulfide) groups is 1. The minimum absolute atomic E-state index is 0.0708. The minimum Gasteiger partial charge on any atom is -0.353 e. The Morgan fingerprint density at radius 3 is 2.64 bits per heavy atom. The molecule has 3 nitrogen and oxygen atoms in total. The quantitative estimate of drug-likeness (QED) is 0.632. The largest absolute Gasteiger partial charge is 0.353 e. The van der Waals surface area contributed by atoms with Gasteiger partial charge in [-0.2, -0.15) is 11.8 Å². The highest BCUT2D eigenvalue weighted by molar-refractivity contribution is 7.99. The van der Waals surface area contributed by atoms with E-state index in [2.05, 4.69) is 12.2 Å². The van der Waals surface area contributed by atoms with Crippen molar-refractivity contribution in [2.75, 3.05) is 18.1 Å². The number of rotatable bonds is 7. The third kappa shape index (κ3) is 6.27. The molecule has 0 saturated heterocycles. The maximum absolute atomic E-state index is 11.4. The Hall–Kier alpha value is -0.220. The highest BCUT2D eigenvalue weighted by Gasteiger charge is 2.12. The van der Waals surface area contributed by atoms with E-state index in [0.717, 1.165) is 17.9 Å². The Kier molecular flexibility index (Phi) is 7.99. The molecule has 0 aliphatic rings. The highest BCUT2D eigenvalue weighted by atomic mass is 32.2. The first-order chi connectivity index (χ1) is 6.61. The van der Waals surface area contributed by atoms with Crippen molar-refractivity contribution in [3.63, 3.8) is 0 Å². The molecule has 0 spiro atoms. The Morgan fingerprint density at radius 2 is 2.14 bits per heavy atom. The second-order valence-corrected chi connectivity index (χ2v) is 4.93. The van der Waals surface area contributed by atoms with Crippen LogP contribution in [0.1, 0.15) is 27.2 Å². The monoisotopic (exact) mass is 218 g/mol. The van der Waals surface area contributed by atoms with Gasteiger partial charge < -0.3 is 11.1 Å². The van der Waals surface area contributed by atoms with Crippen LogP contribution in [0.25, 0.3) is 0 Å². The van der Waals surface area contributed by atoms with E-state index in [1.54, 1.807) is 0 Å². The molecule has 84 valence electrons. The van der Waals surface area contributed by atoms with Gasteiger partial charge >= 0.3 is 0 Å². The average Bonchev–Trinajstić information content (AvgIpc) is 2.16. The molecule has 0 bridgehead atoms. The molecule has 0 aromatic carbocycles. The van der Waals surface area contributed by atoms with Crippen LogP contribution >= 0.6 is 11.8 Å². The number of carbonyl (C=O) groups excluding carboxylic acids is 1. The van der Waals surface area contributed by atoms with Crippen molar-refractivity contribution in [1.29, 1.82) is 0 Å². The summed E-state index contributed by atoms with van der Waals surface area (Å²) in [4.78, 5) is 11.4. The van der Waals surface area contributed by atoms with Crippen molar-refractivity contribution in [3.05, 3.63) is 0 Å². The maximum Gasteiger partial charge on any atom is 0.224 e. The molecule has 2 unspecified atom stereocenters. The van der Waals surface area contributed by atoms with E-state index in [-0.39, 0.29) is 17.9 Å². The smallest absolute Gasteiger partial charge is 0.224 e. The molecule has 0 rings (SSSR count). The van der Waals surface area contributed by atoms with Crippen LogP contribution in [-0.4, -0.2) is 30.0 Å². The zero-order valence-corrected chi connectivity index (χ0v) is 10.2. The summed E-state index contributed by atoms with van der Waals surface area (Å²) < 4.78 is 0. The Morgan fingerprint density at radius 1 is 1.50 bits per heavy atom. The van der Waals surface area contributed by atoms with Gasteiger partial charge in [-0.15, -0.1) is 0 Å². The number of amides is 1. The summed E-state index contributed by atoms with van der Waals surface area (Å²) in [6, 6.07) is 0.260. The molecule has 2 atom stereocenters. The van der Waals surface area contributed by atoms with Gasteiger partial charge in [-0.25, -0.2) is 0 Å². The summed E-state index contributed by atoms with van der Waals surface area (Å²) in [5.74, 6) is 2.24. The first-order valence-electron chi connectivity index (χ1n) is 5.20.